The van der Waals surface area contributed by atoms with Gasteiger partial charge in [0, 0.05) is 6.92 Å². The highest BCUT2D eigenvalue weighted by molar-refractivity contribution is 8.14. The molecule has 0 aliphatic carbocycles. The van der Waals surface area contributed by atoms with Gasteiger partial charge in [0.2, 0.25) is 0 Å². The zero-order chi connectivity index (χ0) is 17.7. The fourth-order valence-corrected chi connectivity index (χ4v) is 4.08. The summed E-state index contributed by atoms with van der Waals surface area (Å²) in [5.41, 5.74) is 0. The van der Waals surface area contributed by atoms with E-state index in [9.17, 15) is 19.2 Å². The highest BCUT2D eigenvalue weighted by Crippen LogP contribution is 2.27. The highest BCUT2D eigenvalue weighted by atomic mass is 32.2. The van der Waals surface area contributed by atoms with E-state index in [-0.39, 0.29) is 10.9 Å². The number of carbonyl (C=O) groups is 4. The van der Waals surface area contributed by atoms with Crippen LogP contribution in [0.15, 0.2) is 17.5 Å². The van der Waals surface area contributed by atoms with Gasteiger partial charge in [-0.2, -0.15) is 0 Å². The summed E-state index contributed by atoms with van der Waals surface area (Å²) in [6, 6.07) is 2.89. The van der Waals surface area contributed by atoms with Gasteiger partial charge in [0.25, 0.3) is 0 Å². The number of hydrogen-bond donors (Lipinski definition) is 1. The lowest BCUT2D eigenvalue weighted by atomic mass is 10.0. The van der Waals surface area contributed by atoms with Crippen molar-refractivity contribution in [1.29, 1.82) is 0 Å². The van der Waals surface area contributed by atoms with E-state index >= 15 is 0 Å². The number of esters is 2. The Labute approximate surface area is 148 Å². The average Bonchev–Trinajstić information content (AvgIpc) is 3.23. The van der Waals surface area contributed by atoms with Gasteiger partial charge >= 0.3 is 11.9 Å². The number of hydrogen-bond acceptors (Lipinski definition) is 8. The lowest BCUT2D eigenvalue weighted by Crippen LogP contribution is -2.38. The normalized spacial score (nSPS) is 19.5. The number of ether oxygens (including phenoxy) is 1. The van der Waals surface area contributed by atoms with Crippen LogP contribution in [0.5, 0.6) is 0 Å². The molecule has 6 nitrogen and oxygen atoms in total. The predicted molar refractivity (Wildman–Crippen MR) is 92.0 cm³/mol. The molecule has 0 amide bonds. The first-order valence-corrected chi connectivity index (χ1v) is 9.40. The minimum absolute atomic E-state index is 0.270. The molecule has 2 rings (SSSR count). The standard InChI is InChI=1S/C16H19NO5S2/c1-9(15(20)22-16(21)11-5-3-7-17-11)14(24-10(2)18)13(19)12-6-4-8-23-12/h4,6,8-9,11,14,17H,3,5,7H2,1-2H3/t9?,11-,14?/m0/s1. The third kappa shape index (κ3) is 4.75. The van der Waals surface area contributed by atoms with Gasteiger partial charge in [-0.3, -0.25) is 14.4 Å². The third-order valence-corrected chi connectivity index (χ3v) is 5.78. The Kier molecular flexibility index (Phi) is 6.70. The van der Waals surface area contributed by atoms with Crippen LogP contribution in [0.1, 0.15) is 36.4 Å². The second-order valence-corrected chi connectivity index (χ2v) is 7.82. The fraction of sp³-hybridized carbons (Fsp3) is 0.500. The number of carbonyl (C=O) groups excluding carboxylic acids is 4. The van der Waals surface area contributed by atoms with Crippen LogP contribution in [0.2, 0.25) is 0 Å². The first-order chi connectivity index (χ1) is 11.4. The molecule has 2 unspecified atom stereocenters. The van der Waals surface area contributed by atoms with Crippen molar-refractivity contribution < 1.29 is 23.9 Å². The van der Waals surface area contributed by atoms with Crippen molar-refractivity contribution in [3.63, 3.8) is 0 Å². The molecule has 2 heterocycles. The maximum absolute atomic E-state index is 12.6. The fourth-order valence-electron chi connectivity index (χ4n) is 2.39. The van der Waals surface area contributed by atoms with E-state index < -0.39 is 29.1 Å². The van der Waals surface area contributed by atoms with Crippen LogP contribution >= 0.6 is 23.1 Å². The van der Waals surface area contributed by atoms with Crippen LogP contribution in [0.3, 0.4) is 0 Å². The summed E-state index contributed by atoms with van der Waals surface area (Å²) in [6.45, 7) is 3.55. The molecule has 0 spiro atoms. The predicted octanol–water partition coefficient (Wildman–Crippen LogP) is 2.04. The van der Waals surface area contributed by atoms with E-state index in [4.69, 9.17) is 4.74 Å². The van der Waals surface area contributed by atoms with Crippen molar-refractivity contribution in [3.8, 4) is 0 Å². The molecule has 130 valence electrons. The molecule has 0 bridgehead atoms. The molecule has 24 heavy (non-hydrogen) atoms. The largest absolute Gasteiger partial charge is 0.392 e. The molecular formula is C16H19NO5S2. The van der Waals surface area contributed by atoms with E-state index in [0.29, 0.717) is 17.8 Å². The molecular weight excluding hydrogens is 350 g/mol. The summed E-state index contributed by atoms with van der Waals surface area (Å²) in [4.78, 5) is 48.7. The lowest BCUT2D eigenvalue weighted by Gasteiger charge is -2.19. The zero-order valence-corrected chi connectivity index (χ0v) is 15.1. The molecule has 1 N–H and O–H groups in total. The van der Waals surface area contributed by atoms with Crippen molar-refractivity contribution in [2.24, 2.45) is 5.92 Å². The molecule has 1 aliphatic rings. The minimum atomic E-state index is -0.905. The molecule has 0 radical (unpaired) electrons. The number of Topliss-reactive ketones (excluding diaryl/α,β-unsaturated/α-hetero) is 1. The monoisotopic (exact) mass is 369 g/mol. The van der Waals surface area contributed by atoms with E-state index in [2.05, 4.69) is 5.32 Å². The smallest absolute Gasteiger partial charge is 0.330 e. The summed E-state index contributed by atoms with van der Waals surface area (Å²) in [5, 5.41) is 3.53. The van der Waals surface area contributed by atoms with Crippen LogP contribution in [0.4, 0.5) is 0 Å². The summed E-state index contributed by atoms with van der Waals surface area (Å²) >= 11 is 2.04. The summed E-state index contributed by atoms with van der Waals surface area (Å²) in [7, 11) is 0. The number of rotatable bonds is 6. The maximum atomic E-state index is 12.6. The van der Waals surface area contributed by atoms with Gasteiger partial charge in [-0.15, -0.1) is 11.3 Å². The van der Waals surface area contributed by atoms with Crippen LogP contribution in [0, 0.1) is 5.92 Å². The Balaban J connectivity index is 2.06. The summed E-state index contributed by atoms with van der Waals surface area (Å²) in [5.74, 6) is -2.61. The van der Waals surface area contributed by atoms with E-state index in [0.717, 1.165) is 18.2 Å². The molecule has 1 aliphatic heterocycles. The van der Waals surface area contributed by atoms with Crippen molar-refractivity contribution >= 4 is 45.9 Å². The Morgan fingerprint density at radius 1 is 1.38 bits per heavy atom. The molecule has 3 atom stereocenters. The molecule has 1 aromatic rings. The molecule has 1 saturated heterocycles. The SMILES string of the molecule is CC(=O)SC(C(=O)c1cccs1)C(C)C(=O)OC(=O)[C@@H]1CCCN1. The van der Waals surface area contributed by atoms with E-state index in [1.165, 1.54) is 25.2 Å². The Hall–Kier alpha value is -1.51. The van der Waals surface area contributed by atoms with Crippen molar-refractivity contribution in [2.45, 2.75) is 38.0 Å². The third-order valence-electron chi connectivity index (χ3n) is 3.69. The zero-order valence-electron chi connectivity index (χ0n) is 13.4. The van der Waals surface area contributed by atoms with Crippen LogP contribution in [0.25, 0.3) is 0 Å². The quantitative estimate of drug-likeness (QED) is 0.466. The second kappa shape index (κ2) is 8.55. The number of ketones is 1. The number of thiophene rings is 1. The molecule has 8 heteroatoms. The minimum Gasteiger partial charge on any atom is -0.392 e. The second-order valence-electron chi connectivity index (χ2n) is 5.55. The average molecular weight is 369 g/mol. The Bertz CT molecular complexity index is 622. The van der Waals surface area contributed by atoms with Gasteiger partial charge in [-0.05, 0) is 30.8 Å². The van der Waals surface area contributed by atoms with Crippen molar-refractivity contribution in [3.05, 3.63) is 22.4 Å². The van der Waals surface area contributed by atoms with Crippen LogP contribution < -0.4 is 5.32 Å². The Morgan fingerprint density at radius 3 is 2.67 bits per heavy atom. The van der Waals surface area contributed by atoms with E-state index in [1.54, 1.807) is 17.5 Å². The topological polar surface area (TPSA) is 89.5 Å². The molecule has 1 fully saturated rings. The number of nitrogens with one attached hydrogen (secondary N) is 1. The van der Waals surface area contributed by atoms with Gasteiger partial charge in [0.15, 0.2) is 10.9 Å². The van der Waals surface area contributed by atoms with Gasteiger partial charge in [0.05, 0.1) is 16.0 Å². The van der Waals surface area contributed by atoms with Crippen molar-refractivity contribution in [1.82, 2.24) is 5.32 Å². The van der Waals surface area contributed by atoms with Gasteiger partial charge in [-0.25, -0.2) is 4.79 Å². The van der Waals surface area contributed by atoms with Crippen molar-refractivity contribution in [2.75, 3.05) is 6.54 Å². The van der Waals surface area contributed by atoms with Gasteiger partial charge in [-0.1, -0.05) is 24.8 Å². The van der Waals surface area contributed by atoms with Crippen LogP contribution in [-0.2, 0) is 19.1 Å². The number of thioether (sulfide) groups is 1. The van der Waals surface area contributed by atoms with Gasteiger partial charge in [0.1, 0.15) is 6.04 Å². The first-order valence-electron chi connectivity index (χ1n) is 7.64. The summed E-state index contributed by atoms with van der Waals surface area (Å²) < 4.78 is 4.91. The highest BCUT2D eigenvalue weighted by Gasteiger charge is 2.36. The van der Waals surface area contributed by atoms with Crippen LogP contribution in [-0.4, -0.2) is 40.7 Å². The Morgan fingerprint density at radius 2 is 2.12 bits per heavy atom. The maximum Gasteiger partial charge on any atom is 0.330 e. The lowest BCUT2D eigenvalue weighted by molar-refractivity contribution is -0.163. The molecule has 0 aromatic carbocycles. The molecule has 0 saturated carbocycles. The van der Waals surface area contributed by atoms with E-state index in [1.807, 2.05) is 0 Å². The molecule has 1 aromatic heterocycles. The van der Waals surface area contributed by atoms with Gasteiger partial charge < -0.3 is 10.1 Å². The first kappa shape index (κ1) is 18.8. The summed E-state index contributed by atoms with van der Waals surface area (Å²) in [6.07, 6.45) is 1.48.